The van der Waals surface area contributed by atoms with E-state index < -0.39 is 0 Å². The zero-order valence-corrected chi connectivity index (χ0v) is 11.3. The minimum absolute atomic E-state index is 0.179. The van der Waals surface area contributed by atoms with Crippen molar-refractivity contribution in [1.82, 2.24) is 0 Å². The molecule has 2 N–H and O–H groups in total. The number of nitrogens with one attached hydrogen (secondary N) is 1. The van der Waals surface area contributed by atoms with Crippen molar-refractivity contribution in [3.05, 3.63) is 48.0 Å². The highest BCUT2D eigenvalue weighted by molar-refractivity contribution is 5.51. The zero-order chi connectivity index (χ0) is 13.9. The molecule has 1 heterocycles. The number of hydrogen-bond acceptors (Lipinski definition) is 4. The maximum atomic E-state index is 9.32. The number of hydrogen-bond donors (Lipinski definition) is 2. The van der Waals surface area contributed by atoms with Crippen molar-refractivity contribution in [2.24, 2.45) is 0 Å². The number of aromatic hydroxyl groups is 1. The number of methoxy groups -OCH3 is 1. The van der Waals surface area contributed by atoms with Gasteiger partial charge in [0.05, 0.1) is 19.8 Å². The Bertz CT molecular complexity index is 595. The molecule has 3 rings (SSSR count). The molecular weight excluding hydrogens is 254 g/mol. The fraction of sp³-hybridized carbons (Fsp3) is 0.250. The molecule has 0 radical (unpaired) electrons. The number of benzene rings is 2. The molecule has 0 saturated heterocycles. The molecule has 1 aliphatic heterocycles. The molecule has 0 aromatic heterocycles. The van der Waals surface area contributed by atoms with E-state index in [2.05, 4.69) is 5.32 Å². The van der Waals surface area contributed by atoms with Crippen molar-refractivity contribution in [3.63, 3.8) is 0 Å². The van der Waals surface area contributed by atoms with Crippen molar-refractivity contribution in [2.45, 2.75) is 12.5 Å². The third kappa shape index (κ3) is 2.50. The molecule has 0 aliphatic carbocycles. The Morgan fingerprint density at radius 1 is 1.20 bits per heavy atom. The molecule has 0 fully saturated rings. The second-order valence-electron chi connectivity index (χ2n) is 4.78. The van der Waals surface area contributed by atoms with E-state index in [4.69, 9.17) is 9.47 Å². The first-order valence-corrected chi connectivity index (χ1v) is 6.62. The first kappa shape index (κ1) is 12.7. The minimum Gasteiger partial charge on any atom is -0.508 e. The van der Waals surface area contributed by atoms with Gasteiger partial charge in [0.25, 0.3) is 0 Å². The Morgan fingerprint density at radius 3 is 2.75 bits per heavy atom. The fourth-order valence-electron chi connectivity index (χ4n) is 2.41. The van der Waals surface area contributed by atoms with Crippen LogP contribution in [0.1, 0.15) is 18.0 Å². The van der Waals surface area contributed by atoms with Crippen molar-refractivity contribution >= 4 is 5.69 Å². The Balaban J connectivity index is 1.87. The summed E-state index contributed by atoms with van der Waals surface area (Å²) in [6.45, 7) is 0.690. The van der Waals surface area contributed by atoms with Gasteiger partial charge >= 0.3 is 0 Å². The van der Waals surface area contributed by atoms with Gasteiger partial charge in [-0.2, -0.15) is 0 Å². The summed E-state index contributed by atoms with van der Waals surface area (Å²) in [5.74, 6) is 1.99. The first-order valence-electron chi connectivity index (χ1n) is 6.62. The van der Waals surface area contributed by atoms with Gasteiger partial charge in [0.1, 0.15) is 17.2 Å². The maximum absolute atomic E-state index is 9.32. The lowest BCUT2D eigenvalue weighted by atomic mass is 10.00. The maximum Gasteiger partial charge on any atom is 0.124 e. The summed E-state index contributed by atoms with van der Waals surface area (Å²) >= 11 is 0. The smallest absolute Gasteiger partial charge is 0.124 e. The van der Waals surface area contributed by atoms with E-state index in [1.54, 1.807) is 19.2 Å². The van der Waals surface area contributed by atoms with Crippen LogP contribution in [0.15, 0.2) is 42.5 Å². The van der Waals surface area contributed by atoms with E-state index >= 15 is 0 Å². The molecule has 0 saturated carbocycles. The van der Waals surface area contributed by atoms with Crippen LogP contribution in [0.25, 0.3) is 0 Å². The largest absolute Gasteiger partial charge is 0.508 e. The summed E-state index contributed by atoms with van der Waals surface area (Å²) < 4.78 is 11.0. The molecule has 2 aromatic carbocycles. The van der Waals surface area contributed by atoms with Crippen LogP contribution >= 0.6 is 0 Å². The second-order valence-corrected chi connectivity index (χ2v) is 4.78. The van der Waals surface area contributed by atoms with Crippen molar-refractivity contribution in [1.29, 1.82) is 0 Å². The van der Waals surface area contributed by atoms with Gasteiger partial charge in [-0.05, 0) is 42.5 Å². The van der Waals surface area contributed by atoms with E-state index in [9.17, 15) is 5.11 Å². The molecule has 0 spiro atoms. The average Bonchev–Trinajstić information content (AvgIpc) is 2.49. The summed E-state index contributed by atoms with van der Waals surface area (Å²) in [5, 5.41) is 12.8. The van der Waals surface area contributed by atoms with Crippen LogP contribution in [-0.2, 0) is 0 Å². The van der Waals surface area contributed by atoms with Crippen LogP contribution in [0, 0.1) is 0 Å². The SMILES string of the molecule is COc1ccc2c(c1)C(Nc1ccc(O)cc1)CCO2. The average molecular weight is 271 g/mol. The molecule has 4 heteroatoms. The summed E-state index contributed by atoms with van der Waals surface area (Å²) in [4.78, 5) is 0. The number of anilines is 1. The third-order valence-electron chi connectivity index (χ3n) is 3.46. The predicted octanol–water partition coefficient (Wildman–Crippen LogP) is 3.34. The molecule has 1 atom stereocenters. The van der Waals surface area contributed by atoms with Gasteiger partial charge in [0, 0.05) is 17.7 Å². The van der Waals surface area contributed by atoms with Gasteiger partial charge in [-0.1, -0.05) is 0 Å². The van der Waals surface area contributed by atoms with E-state index in [1.165, 1.54) is 0 Å². The van der Waals surface area contributed by atoms with Crippen LogP contribution in [0.2, 0.25) is 0 Å². The van der Waals surface area contributed by atoms with Crippen LogP contribution in [0.4, 0.5) is 5.69 Å². The van der Waals surface area contributed by atoms with Crippen molar-refractivity contribution in [3.8, 4) is 17.2 Å². The molecule has 1 unspecified atom stereocenters. The molecule has 0 bridgehead atoms. The summed E-state index contributed by atoms with van der Waals surface area (Å²) in [7, 11) is 1.66. The molecule has 4 nitrogen and oxygen atoms in total. The van der Waals surface area contributed by atoms with Gasteiger partial charge in [-0.15, -0.1) is 0 Å². The topological polar surface area (TPSA) is 50.7 Å². The Morgan fingerprint density at radius 2 is 2.00 bits per heavy atom. The number of phenols is 1. The van der Waals surface area contributed by atoms with E-state index in [-0.39, 0.29) is 11.8 Å². The molecule has 20 heavy (non-hydrogen) atoms. The minimum atomic E-state index is 0.179. The van der Waals surface area contributed by atoms with Gasteiger partial charge in [-0.3, -0.25) is 0 Å². The molecule has 2 aromatic rings. The summed E-state index contributed by atoms with van der Waals surface area (Å²) in [5.41, 5.74) is 2.08. The molecule has 104 valence electrons. The predicted molar refractivity (Wildman–Crippen MR) is 77.6 cm³/mol. The summed E-state index contributed by atoms with van der Waals surface area (Å²) in [6.07, 6.45) is 0.890. The lowest BCUT2D eigenvalue weighted by Crippen LogP contribution is -2.20. The summed E-state index contributed by atoms with van der Waals surface area (Å²) in [6, 6.07) is 13.1. The molecule has 1 aliphatic rings. The van der Waals surface area contributed by atoms with Gasteiger partial charge in [-0.25, -0.2) is 0 Å². The molecule has 0 amide bonds. The standard InChI is InChI=1S/C16H17NO3/c1-19-13-6-7-16-14(10-13)15(8-9-20-16)17-11-2-4-12(18)5-3-11/h2-7,10,15,17-18H,8-9H2,1H3. The lowest BCUT2D eigenvalue weighted by molar-refractivity contribution is 0.273. The third-order valence-corrected chi connectivity index (χ3v) is 3.46. The van der Waals surface area contributed by atoms with Crippen LogP contribution in [0.3, 0.4) is 0 Å². The first-order chi connectivity index (χ1) is 9.76. The highest BCUT2D eigenvalue weighted by Crippen LogP contribution is 2.36. The zero-order valence-electron chi connectivity index (χ0n) is 11.3. The normalized spacial score (nSPS) is 16.9. The number of ether oxygens (including phenoxy) is 2. The quantitative estimate of drug-likeness (QED) is 0.841. The fourth-order valence-corrected chi connectivity index (χ4v) is 2.41. The number of fused-ring (bicyclic) bond motifs is 1. The van der Waals surface area contributed by atoms with Gasteiger partial charge in [0.15, 0.2) is 0 Å². The Hall–Kier alpha value is -2.36. The van der Waals surface area contributed by atoms with E-state index in [0.717, 1.165) is 29.2 Å². The van der Waals surface area contributed by atoms with Gasteiger partial charge < -0.3 is 19.9 Å². The van der Waals surface area contributed by atoms with E-state index in [0.29, 0.717) is 6.61 Å². The monoisotopic (exact) mass is 271 g/mol. The highest BCUT2D eigenvalue weighted by Gasteiger charge is 2.22. The number of phenolic OH excluding ortho intramolecular Hbond substituents is 1. The van der Waals surface area contributed by atoms with Crippen molar-refractivity contribution < 1.29 is 14.6 Å². The Kier molecular flexibility index (Phi) is 3.37. The van der Waals surface area contributed by atoms with E-state index in [1.807, 2.05) is 30.3 Å². The lowest BCUT2D eigenvalue weighted by Gasteiger charge is -2.28. The number of rotatable bonds is 3. The van der Waals surface area contributed by atoms with Crippen LogP contribution in [-0.4, -0.2) is 18.8 Å². The van der Waals surface area contributed by atoms with Gasteiger partial charge in [0.2, 0.25) is 0 Å². The molecular formula is C16H17NO3. The van der Waals surface area contributed by atoms with Crippen molar-refractivity contribution in [2.75, 3.05) is 19.0 Å². The second kappa shape index (κ2) is 5.33. The Labute approximate surface area is 118 Å². The highest BCUT2D eigenvalue weighted by atomic mass is 16.5. The van der Waals surface area contributed by atoms with Crippen LogP contribution in [0.5, 0.6) is 17.2 Å². The van der Waals surface area contributed by atoms with Crippen LogP contribution < -0.4 is 14.8 Å².